The number of thiophene rings is 1. The van der Waals surface area contributed by atoms with E-state index in [9.17, 15) is 50.4 Å². The number of anilines is 1. The molecule has 0 saturated carbocycles. The number of carbonyl (C=O) groups excluding carboxylic acids is 6. The fourth-order valence-electron chi connectivity index (χ4n) is 6.75. The van der Waals surface area contributed by atoms with E-state index < -0.39 is 105 Å². The molecule has 68 heavy (non-hydrogen) atoms. The summed E-state index contributed by atoms with van der Waals surface area (Å²) >= 11 is 1.39. The molecule has 3 N–H and O–H groups in total. The minimum Gasteiger partial charge on any atom is -0.481 e. The number of hydrogen-bond acceptors (Lipinski definition) is 23. The summed E-state index contributed by atoms with van der Waals surface area (Å²) in [5.74, 6) is -4.69. The summed E-state index contributed by atoms with van der Waals surface area (Å²) in [5, 5.41) is 13.1. The molecule has 0 unspecified atom stereocenters. The molecule has 25 nitrogen and oxygen atoms in total. The maximum absolute atomic E-state index is 13.4. The van der Waals surface area contributed by atoms with Gasteiger partial charge in [-0.05, 0) is 59.9 Å². The Hall–Kier alpha value is -5.23. The largest absolute Gasteiger partial charge is 0.481 e. The molecule has 380 valence electrons. The predicted molar refractivity (Wildman–Crippen MR) is 237 cm³/mol. The number of primary sulfonamides is 1. The molecule has 4 rings (SSSR count). The number of amides is 2. The average molecular weight is 1040 g/mol. The van der Waals surface area contributed by atoms with E-state index in [2.05, 4.69) is 8.75 Å². The highest BCUT2D eigenvalue weighted by atomic mass is 32.3. The van der Waals surface area contributed by atoms with Crippen molar-refractivity contribution in [3.05, 3.63) is 11.6 Å². The van der Waals surface area contributed by atoms with E-state index in [0.29, 0.717) is 43.5 Å². The van der Waals surface area contributed by atoms with Gasteiger partial charge in [-0.15, -0.1) is 15.7 Å². The molecule has 2 aromatic rings. The Morgan fingerprint density at radius 2 is 1.56 bits per heavy atom. The van der Waals surface area contributed by atoms with E-state index in [1.807, 2.05) is 4.90 Å². The second-order valence-electron chi connectivity index (χ2n) is 16.3. The maximum Gasteiger partial charge on any atom is 0.413 e. The van der Waals surface area contributed by atoms with Crippen LogP contribution in [0.1, 0.15) is 91.2 Å². The van der Waals surface area contributed by atoms with Crippen molar-refractivity contribution in [3.63, 3.8) is 0 Å². The van der Waals surface area contributed by atoms with E-state index >= 15 is 0 Å². The number of hydrogen-bond donors (Lipinski definition) is 2. The van der Waals surface area contributed by atoms with Crippen LogP contribution >= 0.6 is 23.1 Å². The minimum absolute atomic E-state index is 0.0162. The second kappa shape index (κ2) is 24.9. The number of sulfone groups is 1. The molecule has 1 fully saturated rings. The Kier molecular flexibility index (Phi) is 20.3. The SMILES string of the molecule is CCN(C(=O)OCOC(=O)CCCC(=O)OCC(=O)O[C@H](COc1nsnc1N1CCOCC1)CN(C(=O)COC(=O)CCCC(=O)O)C(C)(C)C)[C@H]1C[C@H](C)S(=O)(=O)c2sc(S(N)(=O)=O)cc21. The summed E-state index contributed by atoms with van der Waals surface area (Å²) in [6.07, 6.45) is -3.46. The van der Waals surface area contributed by atoms with E-state index in [4.69, 9.17) is 43.4 Å². The van der Waals surface area contributed by atoms with Crippen LogP contribution in [0.3, 0.4) is 0 Å². The third-order valence-corrected chi connectivity index (χ3v) is 16.1. The summed E-state index contributed by atoms with van der Waals surface area (Å²) < 4.78 is 95.2. The van der Waals surface area contributed by atoms with Gasteiger partial charge in [-0.1, -0.05) is 0 Å². The quantitative estimate of drug-likeness (QED) is 0.0859. The van der Waals surface area contributed by atoms with Gasteiger partial charge in [0.25, 0.3) is 11.8 Å². The van der Waals surface area contributed by atoms with Gasteiger partial charge in [-0.25, -0.2) is 31.6 Å². The van der Waals surface area contributed by atoms with Gasteiger partial charge in [0.15, 0.2) is 29.2 Å². The number of ether oxygens (including phenoxy) is 7. The lowest BCUT2D eigenvalue weighted by Crippen LogP contribution is -2.52. The average Bonchev–Trinajstić information content (AvgIpc) is 3.94. The van der Waals surface area contributed by atoms with Crippen LogP contribution in [0.5, 0.6) is 5.88 Å². The number of nitrogens with zero attached hydrogens (tertiary/aromatic N) is 5. The van der Waals surface area contributed by atoms with Crippen LogP contribution in [-0.2, 0) is 77.0 Å². The molecule has 2 aliphatic rings. The first kappa shape index (κ1) is 55.4. The van der Waals surface area contributed by atoms with Crippen LogP contribution in [0.2, 0.25) is 0 Å². The molecule has 0 bridgehead atoms. The molecule has 1 saturated heterocycles. The fourth-order valence-corrected chi connectivity index (χ4v) is 11.7. The number of aliphatic carboxylic acids is 1. The third kappa shape index (κ3) is 16.2. The Labute approximate surface area is 400 Å². The number of carbonyl (C=O) groups is 7. The zero-order valence-corrected chi connectivity index (χ0v) is 41.3. The van der Waals surface area contributed by atoms with Gasteiger partial charge in [0.05, 0.1) is 42.8 Å². The Bertz CT molecular complexity index is 2340. The first-order valence-corrected chi connectivity index (χ1v) is 25.9. The van der Waals surface area contributed by atoms with Gasteiger partial charge in [-0.2, -0.15) is 4.37 Å². The van der Waals surface area contributed by atoms with E-state index in [-0.39, 0.29) is 84.5 Å². The van der Waals surface area contributed by atoms with Crippen molar-refractivity contribution < 1.29 is 88.7 Å². The van der Waals surface area contributed by atoms with E-state index in [1.54, 1.807) is 27.7 Å². The Morgan fingerprint density at radius 1 is 0.941 bits per heavy atom. The zero-order valence-electron chi connectivity index (χ0n) is 38.1. The highest BCUT2D eigenvalue weighted by molar-refractivity contribution is 7.95. The zero-order chi connectivity index (χ0) is 50.4. The monoisotopic (exact) mass is 1040 g/mol. The summed E-state index contributed by atoms with van der Waals surface area (Å²) in [5.41, 5.74) is -0.835. The van der Waals surface area contributed by atoms with E-state index in [0.717, 1.165) is 17.8 Å². The van der Waals surface area contributed by atoms with Crippen molar-refractivity contribution in [1.29, 1.82) is 0 Å². The number of fused-ring (bicyclic) bond motifs is 1. The molecule has 0 radical (unpaired) electrons. The topological polar surface area (TPSA) is 334 Å². The lowest BCUT2D eigenvalue weighted by molar-refractivity contribution is -0.167. The van der Waals surface area contributed by atoms with Crippen LogP contribution in [-0.4, -0.2) is 165 Å². The number of carboxylic acid groups (broad SMARTS) is 1. The molecular weight excluding hydrogens is 985 g/mol. The molecule has 4 heterocycles. The van der Waals surface area contributed by atoms with Crippen molar-refractivity contribution in [2.24, 2.45) is 5.14 Å². The maximum atomic E-state index is 13.4. The molecule has 0 aliphatic carbocycles. The van der Waals surface area contributed by atoms with Crippen LogP contribution in [0.4, 0.5) is 10.6 Å². The van der Waals surface area contributed by atoms with Crippen molar-refractivity contribution >= 4 is 90.6 Å². The number of aromatic nitrogens is 2. The van der Waals surface area contributed by atoms with Crippen LogP contribution < -0.4 is 14.8 Å². The minimum atomic E-state index is -4.25. The molecule has 29 heteroatoms. The lowest BCUT2D eigenvalue weighted by atomic mass is 10.0. The fraction of sp³-hybridized carbons (Fsp3) is 0.667. The molecule has 2 aromatic heterocycles. The number of esters is 4. The predicted octanol–water partition coefficient (Wildman–Crippen LogP) is 1.78. The molecule has 2 aliphatic heterocycles. The molecular formula is C39H56N6O19S4. The summed E-state index contributed by atoms with van der Waals surface area (Å²) in [4.78, 5) is 91.9. The van der Waals surface area contributed by atoms with Crippen molar-refractivity contribution in [3.8, 4) is 5.88 Å². The highest BCUT2D eigenvalue weighted by Gasteiger charge is 2.43. The highest BCUT2D eigenvalue weighted by Crippen LogP contribution is 2.45. The smallest absolute Gasteiger partial charge is 0.413 e. The third-order valence-electron chi connectivity index (χ3n) is 10.2. The summed E-state index contributed by atoms with van der Waals surface area (Å²) in [6, 6.07) is 0.231. The number of nitrogens with two attached hydrogens (primary N) is 1. The van der Waals surface area contributed by atoms with Gasteiger partial charge in [0, 0.05) is 56.4 Å². The molecule has 0 spiro atoms. The number of carboxylic acids is 1. The number of morpholine rings is 1. The first-order valence-electron chi connectivity index (χ1n) is 21.2. The normalized spacial score (nSPS) is 17.2. The molecule has 3 atom stereocenters. The Morgan fingerprint density at radius 3 is 2.16 bits per heavy atom. The molecule has 2 amide bonds. The van der Waals surface area contributed by atoms with Crippen molar-refractivity contribution in [2.75, 3.05) is 70.9 Å². The van der Waals surface area contributed by atoms with Gasteiger partial charge in [0.1, 0.15) is 15.0 Å². The standard InChI is InChI=1S/C39H56N6O19S4/c1-6-44(27-17-24(2)67(54,55)37-26(27)18-34(65-37)68(40,56)57)38(53)63-23-62-32(51)12-8-11-31(50)60-22-33(52)64-25(20-61-36-35(41-66-42-36)43-13-15-58-16-14-43)19-45(39(3,4)5)28(46)21-59-30(49)10-7-9-29(47)48/h18,24-25,27H,6-17,19-23H2,1-5H3,(H,47,48)(H2,40,56,57)/t24-,25-,27-/m0/s1. The van der Waals surface area contributed by atoms with Gasteiger partial charge in [-0.3, -0.25) is 24.0 Å². The van der Waals surface area contributed by atoms with E-state index in [1.165, 1.54) is 16.7 Å². The van der Waals surface area contributed by atoms with Gasteiger partial charge < -0.3 is 53.0 Å². The lowest BCUT2D eigenvalue weighted by Gasteiger charge is -2.37. The number of sulfonamides is 1. The summed E-state index contributed by atoms with van der Waals surface area (Å²) in [7, 11) is -8.15. The number of rotatable bonds is 24. The van der Waals surface area contributed by atoms with Crippen LogP contribution in [0.15, 0.2) is 14.5 Å². The summed E-state index contributed by atoms with van der Waals surface area (Å²) in [6.45, 7) is 7.07. The second-order valence-corrected chi connectivity index (χ2v) is 22.2. The van der Waals surface area contributed by atoms with Crippen LogP contribution in [0.25, 0.3) is 0 Å². The van der Waals surface area contributed by atoms with Crippen molar-refractivity contribution in [1.82, 2.24) is 18.5 Å². The van der Waals surface area contributed by atoms with Gasteiger partial charge >= 0.3 is 35.9 Å². The van der Waals surface area contributed by atoms with Gasteiger partial charge in [0.2, 0.25) is 22.6 Å². The van der Waals surface area contributed by atoms with Crippen molar-refractivity contribution in [2.45, 2.75) is 111 Å². The Balaban J connectivity index is 1.28. The molecule has 0 aromatic carbocycles. The first-order chi connectivity index (χ1) is 31.9. The van der Waals surface area contributed by atoms with Crippen LogP contribution in [0, 0.1) is 0 Å².